The van der Waals surface area contributed by atoms with Gasteiger partial charge in [-0.05, 0) is 25.0 Å². The Hall–Kier alpha value is -1.51. The Morgan fingerprint density at radius 2 is 2.00 bits per heavy atom. The minimum absolute atomic E-state index is 0.610. The third-order valence-corrected chi connectivity index (χ3v) is 2.46. The van der Waals surface area contributed by atoms with Crippen LogP contribution in [0.5, 0.6) is 0 Å². The van der Waals surface area contributed by atoms with Crippen molar-refractivity contribution in [1.82, 2.24) is 4.90 Å². The summed E-state index contributed by atoms with van der Waals surface area (Å²) >= 11 is 0. The molecule has 0 aromatic heterocycles. The summed E-state index contributed by atoms with van der Waals surface area (Å²) in [4.78, 5) is 6.39. The van der Waals surface area contributed by atoms with Crippen LogP contribution in [0.2, 0.25) is 0 Å². The van der Waals surface area contributed by atoms with Crippen LogP contribution in [0.4, 0.5) is 5.69 Å². The lowest BCUT2D eigenvalue weighted by Crippen LogP contribution is -2.35. The molecule has 0 saturated heterocycles. The zero-order chi connectivity index (χ0) is 9.97. The number of benzene rings is 1. The highest BCUT2D eigenvalue weighted by atomic mass is 15.3. The summed E-state index contributed by atoms with van der Waals surface area (Å²) in [6.45, 7) is 0. The zero-order valence-corrected chi connectivity index (χ0v) is 8.35. The molecule has 14 heavy (non-hydrogen) atoms. The second-order valence-corrected chi connectivity index (χ2v) is 3.65. The monoisotopic (exact) mass is 189 g/mol. The number of nitrogens with zero attached hydrogens (tertiary/aromatic N) is 2. The maximum Gasteiger partial charge on any atom is 0.196 e. The average Bonchev–Trinajstić information content (AvgIpc) is 3.01. The summed E-state index contributed by atoms with van der Waals surface area (Å²) in [5.74, 6) is 0.610. The molecule has 1 aliphatic carbocycles. The molecule has 74 valence electrons. The molecule has 3 heteroatoms. The summed E-state index contributed by atoms with van der Waals surface area (Å²) in [5, 5.41) is 0. The molecule has 0 amide bonds. The average molecular weight is 189 g/mol. The molecule has 1 aromatic carbocycles. The van der Waals surface area contributed by atoms with E-state index in [9.17, 15) is 0 Å². The van der Waals surface area contributed by atoms with Gasteiger partial charge in [-0.1, -0.05) is 18.2 Å². The van der Waals surface area contributed by atoms with Crippen molar-refractivity contribution in [3.8, 4) is 0 Å². The topological polar surface area (TPSA) is 41.6 Å². The third-order valence-electron chi connectivity index (χ3n) is 2.46. The van der Waals surface area contributed by atoms with Gasteiger partial charge >= 0.3 is 0 Å². The van der Waals surface area contributed by atoms with Gasteiger partial charge in [-0.2, -0.15) is 0 Å². The summed E-state index contributed by atoms with van der Waals surface area (Å²) in [5.41, 5.74) is 6.78. The van der Waals surface area contributed by atoms with E-state index in [-0.39, 0.29) is 0 Å². The van der Waals surface area contributed by atoms with Gasteiger partial charge in [0.05, 0.1) is 5.69 Å². The Morgan fingerprint density at radius 1 is 1.36 bits per heavy atom. The van der Waals surface area contributed by atoms with E-state index in [0.29, 0.717) is 12.0 Å². The van der Waals surface area contributed by atoms with Crippen molar-refractivity contribution in [2.24, 2.45) is 10.7 Å². The van der Waals surface area contributed by atoms with Gasteiger partial charge in [-0.25, -0.2) is 4.99 Å². The predicted octanol–water partition coefficient (Wildman–Crippen LogP) is 1.73. The van der Waals surface area contributed by atoms with E-state index in [1.165, 1.54) is 12.8 Å². The first-order valence-electron chi connectivity index (χ1n) is 4.89. The molecule has 1 fully saturated rings. The van der Waals surface area contributed by atoms with Crippen LogP contribution in [0.25, 0.3) is 0 Å². The van der Waals surface area contributed by atoms with Crippen LogP contribution in [-0.4, -0.2) is 23.9 Å². The highest BCUT2D eigenvalue weighted by Gasteiger charge is 2.27. The molecule has 1 saturated carbocycles. The van der Waals surface area contributed by atoms with Crippen molar-refractivity contribution in [1.29, 1.82) is 0 Å². The third kappa shape index (κ3) is 2.05. The molecule has 0 radical (unpaired) electrons. The van der Waals surface area contributed by atoms with E-state index >= 15 is 0 Å². The van der Waals surface area contributed by atoms with Crippen molar-refractivity contribution in [2.45, 2.75) is 18.9 Å². The van der Waals surface area contributed by atoms with Gasteiger partial charge in [0.2, 0.25) is 0 Å². The Morgan fingerprint density at radius 3 is 2.57 bits per heavy atom. The summed E-state index contributed by atoms with van der Waals surface area (Å²) in [6, 6.07) is 10.4. The number of aliphatic imine (C=N–C) groups is 1. The Labute approximate surface area is 84.2 Å². The van der Waals surface area contributed by atoms with E-state index < -0.39 is 0 Å². The Kier molecular flexibility index (Phi) is 2.39. The maximum absolute atomic E-state index is 5.87. The van der Waals surface area contributed by atoms with E-state index in [2.05, 4.69) is 4.99 Å². The fourth-order valence-corrected chi connectivity index (χ4v) is 1.36. The fourth-order valence-electron chi connectivity index (χ4n) is 1.36. The highest BCUT2D eigenvalue weighted by Crippen LogP contribution is 2.25. The minimum Gasteiger partial charge on any atom is -0.369 e. The first-order valence-corrected chi connectivity index (χ1v) is 4.89. The van der Waals surface area contributed by atoms with E-state index in [0.717, 1.165) is 5.69 Å². The van der Waals surface area contributed by atoms with Crippen molar-refractivity contribution in [3.63, 3.8) is 0 Å². The predicted molar refractivity (Wildman–Crippen MR) is 58.5 cm³/mol. The molecule has 2 N–H and O–H groups in total. The van der Waals surface area contributed by atoms with Crippen LogP contribution >= 0.6 is 0 Å². The second-order valence-electron chi connectivity index (χ2n) is 3.65. The lowest BCUT2D eigenvalue weighted by Gasteiger charge is -2.16. The van der Waals surface area contributed by atoms with Gasteiger partial charge in [-0.3, -0.25) is 0 Å². The molecule has 0 aliphatic heterocycles. The van der Waals surface area contributed by atoms with Crippen molar-refractivity contribution >= 4 is 11.6 Å². The van der Waals surface area contributed by atoms with Crippen LogP contribution in [0, 0.1) is 0 Å². The minimum atomic E-state index is 0.610. The Bertz CT molecular complexity index is 328. The summed E-state index contributed by atoms with van der Waals surface area (Å²) in [6.07, 6.45) is 2.48. The molecule has 0 spiro atoms. The van der Waals surface area contributed by atoms with Gasteiger partial charge < -0.3 is 10.6 Å². The summed E-state index contributed by atoms with van der Waals surface area (Å²) < 4.78 is 0. The van der Waals surface area contributed by atoms with Crippen molar-refractivity contribution < 1.29 is 0 Å². The van der Waals surface area contributed by atoms with Gasteiger partial charge in [0.1, 0.15) is 0 Å². The lowest BCUT2D eigenvalue weighted by atomic mass is 10.3. The van der Waals surface area contributed by atoms with Crippen LogP contribution < -0.4 is 5.73 Å². The SMILES string of the molecule is CN(C(N)=Nc1ccccc1)C1CC1. The first-order chi connectivity index (χ1) is 6.77. The van der Waals surface area contributed by atoms with Crippen LogP contribution in [0.3, 0.4) is 0 Å². The van der Waals surface area contributed by atoms with Gasteiger partial charge in [-0.15, -0.1) is 0 Å². The van der Waals surface area contributed by atoms with E-state index in [1.54, 1.807) is 0 Å². The molecular formula is C11H15N3. The maximum atomic E-state index is 5.87. The molecule has 2 rings (SSSR count). The van der Waals surface area contributed by atoms with Crippen LogP contribution in [0.1, 0.15) is 12.8 Å². The smallest absolute Gasteiger partial charge is 0.196 e. The molecule has 0 bridgehead atoms. The van der Waals surface area contributed by atoms with Crippen LogP contribution in [0.15, 0.2) is 35.3 Å². The van der Waals surface area contributed by atoms with E-state index in [1.807, 2.05) is 42.3 Å². The van der Waals surface area contributed by atoms with Crippen LogP contribution in [-0.2, 0) is 0 Å². The number of hydrogen-bond acceptors (Lipinski definition) is 1. The molecule has 1 aliphatic rings. The van der Waals surface area contributed by atoms with Gasteiger partial charge in [0, 0.05) is 13.1 Å². The Balaban J connectivity index is 2.09. The fraction of sp³-hybridized carbons (Fsp3) is 0.364. The van der Waals surface area contributed by atoms with Gasteiger partial charge in [0.25, 0.3) is 0 Å². The number of hydrogen-bond donors (Lipinski definition) is 1. The number of guanidine groups is 1. The van der Waals surface area contributed by atoms with Gasteiger partial charge in [0.15, 0.2) is 5.96 Å². The molecule has 0 unspecified atom stereocenters. The van der Waals surface area contributed by atoms with Crippen molar-refractivity contribution in [3.05, 3.63) is 30.3 Å². The second kappa shape index (κ2) is 3.70. The first kappa shape index (κ1) is 9.06. The molecule has 3 nitrogen and oxygen atoms in total. The van der Waals surface area contributed by atoms with E-state index in [4.69, 9.17) is 5.73 Å². The lowest BCUT2D eigenvalue weighted by molar-refractivity contribution is 0.490. The highest BCUT2D eigenvalue weighted by molar-refractivity contribution is 5.81. The largest absolute Gasteiger partial charge is 0.369 e. The van der Waals surface area contributed by atoms with Crippen molar-refractivity contribution in [2.75, 3.05) is 7.05 Å². The molecular weight excluding hydrogens is 174 g/mol. The quantitative estimate of drug-likeness (QED) is 0.568. The number of nitrogens with two attached hydrogens (primary N) is 1. The summed E-state index contributed by atoms with van der Waals surface area (Å²) in [7, 11) is 2.00. The standard InChI is InChI=1S/C11H15N3/c1-14(10-7-8-10)11(12)13-9-5-3-2-4-6-9/h2-6,10H,7-8H2,1H3,(H2,12,13). The normalized spacial score (nSPS) is 16.8. The zero-order valence-electron chi connectivity index (χ0n) is 8.35. The molecule has 1 aromatic rings. The number of rotatable bonds is 2. The number of para-hydroxylation sites is 1. The molecule has 0 heterocycles. The molecule has 0 atom stereocenters.